The molecule has 0 spiro atoms. The van der Waals surface area contributed by atoms with Crippen LogP contribution in [0.3, 0.4) is 0 Å². The lowest BCUT2D eigenvalue weighted by Crippen LogP contribution is -2.44. The Morgan fingerprint density at radius 2 is 2.46 bits per heavy atom. The summed E-state index contributed by atoms with van der Waals surface area (Å²) in [7, 11) is 3.26. The highest BCUT2D eigenvalue weighted by molar-refractivity contribution is 5.98. The first-order chi connectivity index (χ1) is 6.15. The average molecular weight is 185 g/mol. The van der Waals surface area contributed by atoms with Crippen LogP contribution in [0.15, 0.2) is 4.99 Å². The molecule has 0 saturated carbocycles. The number of carbonyl (C=O) groups excluding carboxylic acids is 1. The molecule has 0 aromatic heterocycles. The molecule has 1 aliphatic rings. The number of amides is 1. The number of methoxy groups -OCH3 is 1. The van der Waals surface area contributed by atoms with Crippen LogP contribution < -0.4 is 5.73 Å². The van der Waals surface area contributed by atoms with E-state index in [1.54, 1.807) is 14.2 Å². The van der Waals surface area contributed by atoms with Gasteiger partial charge in [-0.15, -0.1) is 0 Å². The number of guanidine groups is 1. The highest BCUT2D eigenvalue weighted by Crippen LogP contribution is 2.11. The van der Waals surface area contributed by atoms with E-state index in [9.17, 15) is 4.79 Å². The second kappa shape index (κ2) is 4.23. The summed E-state index contributed by atoms with van der Waals surface area (Å²) in [6, 6.07) is -0.0105. The monoisotopic (exact) mass is 185 g/mol. The van der Waals surface area contributed by atoms with Gasteiger partial charge in [-0.2, -0.15) is 0 Å². The van der Waals surface area contributed by atoms with Crippen LogP contribution >= 0.6 is 0 Å². The van der Waals surface area contributed by atoms with E-state index in [0.717, 1.165) is 6.42 Å². The molecule has 1 amide bonds. The van der Waals surface area contributed by atoms with Crippen molar-refractivity contribution in [2.24, 2.45) is 10.7 Å². The zero-order valence-electron chi connectivity index (χ0n) is 7.99. The van der Waals surface area contributed by atoms with Gasteiger partial charge in [0, 0.05) is 27.2 Å². The fourth-order valence-electron chi connectivity index (χ4n) is 1.21. The van der Waals surface area contributed by atoms with Crippen molar-refractivity contribution >= 4 is 11.9 Å². The van der Waals surface area contributed by atoms with Crippen LogP contribution in [0.4, 0.5) is 0 Å². The second-order valence-electron chi connectivity index (χ2n) is 3.08. The Labute approximate surface area is 77.6 Å². The molecule has 1 atom stereocenters. The zero-order valence-corrected chi connectivity index (χ0v) is 7.99. The molecule has 1 aliphatic heterocycles. The number of ether oxygens (including phenoxy) is 1. The van der Waals surface area contributed by atoms with Crippen molar-refractivity contribution in [2.75, 3.05) is 20.8 Å². The Hall–Kier alpha value is -1.10. The molecule has 0 aromatic carbocycles. The van der Waals surface area contributed by atoms with Crippen molar-refractivity contribution in [3.63, 3.8) is 0 Å². The minimum Gasteiger partial charge on any atom is -0.385 e. The maximum atomic E-state index is 11.3. The average Bonchev–Trinajstić information content (AvgIpc) is 2.10. The summed E-state index contributed by atoms with van der Waals surface area (Å²) in [6.07, 6.45) is 1.18. The van der Waals surface area contributed by atoms with Crippen LogP contribution in [0.1, 0.15) is 12.8 Å². The number of aliphatic imine (C=N–C) groups is 1. The molecule has 74 valence electrons. The lowest BCUT2D eigenvalue weighted by molar-refractivity contribution is -0.127. The van der Waals surface area contributed by atoms with Gasteiger partial charge in [0.1, 0.15) is 0 Å². The smallest absolute Gasteiger partial charge is 0.231 e. The molecule has 1 heterocycles. The van der Waals surface area contributed by atoms with Crippen molar-refractivity contribution in [3.8, 4) is 0 Å². The highest BCUT2D eigenvalue weighted by atomic mass is 16.5. The number of hydrogen-bond donors (Lipinski definition) is 1. The van der Waals surface area contributed by atoms with E-state index >= 15 is 0 Å². The first kappa shape index (κ1) is 9.98. The van der Waals surface area contributed by atoms with Gasteiger partial charge in [-0.3, -0.25) is 9.69 Å². The third kappa shape index (κ3) is 2.42. The molecule has 5 heteroatoms. The Morgan fingerprint density at radius 3 is 3.00 bits per heavy atom. The Balaban J connectivity index is 2.55. The first-order valence-electron chi connectivity index (χ1n) is 4.24. The van der Waals surface area contributed by atoms with Gasteiger partial charge >= 0.3 is 0 Å². The summed E-state index contributed by atoms with van der Waals surface area (Å²) in [5.74, 6) is 0.325. The van der Waals surface area contributed by atoms with Crippen LogP contribution in [-0.4, -0.2) is 43.6 Å². The predicted molar refractivity (Wildman–Crippen MR) is 49.3 cm³/mol. The zero-order chi connectivity index (χ0) is 9.84. The second-order valence-corrected chi connectivity index (χ2v) is 3.08. The van der Waals surface area contributed by atoms with Gasteiger partial charge in [-0.05, 0) is 6.42 Å². The molecule has 1 unspecified atom stereocenters. The van der Waals surface area contributed by atoms with Gasteiger partial charge in [0.05, 0.1) is 6.04 Å². The van der Waals surface area contributed by atoms with Crippen LogP contribution in [0.25, 0.3) is 0 Å². The molecule has 13 heavy (non-hydrogen) atoms. The third-order valence-corrected chi connectivity index (χ3v) is 2.10. The molecule has 0 aromatic rings. The van der Waals surface area contributed by atoms with E-state index in [1.165, 1.54) is 4.90 Å². The largest absolute Gasteiger partial charge is 0.385 e. The number of hydrogen-bond acceptors (Lipinski definition) is 4. The lowest BCUT2D eigenvalue weighted by Gasteiger charge is -2.25. The minimum atomic E-state index is -0.0105. The van der Waals surface area contributed by atoms with Crippen molar-refractivity contribution in [2.45, 2.75) is 18.9 Å². The van der Waals surface area contributed by atoms with Crippen molar-refractivity contribution in [1.29, 1.82) is 0 Å². The summed E-state index contributed by atoms with van der Waals surface area (Å²) in [4.78, 5) is 16.9. The first-order valence-corrected chi connectivity index (χ1v) is 4.24. The van der Waals surface area contributed by atoms with Crippen molar-refractivity contribution < 1.29 is 9.53 Å². The summed E-state index contributed by atoms with van der Waals surface area (Å²) < 4.78 is 4.91. The summed E-state index contributed by atoms with van der Waals surface area (Å²) >= 11 is 0. The van der Waals surface area contributed by atoms with Crippen LogP contribution in [0.2, 0.25) is 0 Å². The van der Waals surface area contributed by atoms with Crippen LogP contribution in [0, 0.1) is 0 Å². The number of rotatable bonds is 3. The standard InChI is InChI=1S/C8H15N3O2/c1-11-7(12)5-6(3-4-13-2)10-8(11)9/h6H,3-5H2,1-2H3,(H2,9,10). The lowest BCUT2D eigenvalue weighted by atomic mass is 10.1. The number of nitrogens with two attached hydrogens (primary N) is 1. The van der Waals surface area contributed by atoms with Crippen molar-refractivity contribution in [1.82, 2.24) is 4.90 Å². The maximum absolute atomic E-state index is 11.3. The maximum Gasteiger partial charge on any atom is 0.231 e. The molecule has 0 saturated heterocycles. The summed E-state index contributed by atoms with van der Waals surface area (Å²) in [6.45, 7) is 0.610. The van der Waals surface area contributed by atoms with Gasteiger partial charge < -0.3 is 10.5 Å². The highest BCUT2D eigenvalue weighted by Gasteiger charge is 2.23. The van der Waals surface area contributed by atoms with Gasteiger partial charge in [-0.1, -0.05) is 0 Å². The van der Waals surface area contributed by atoms with E-state index < -0.39 is 0 Å². The van der Waals surface area contributed by atoms with Gasteiger partial charge in [0.2, 0.25) is 5.91 Å². The van der Waals surface area contributed by atoms with Crippen LogP contribution in [-0.2, 0) is 9.53 Å². The Morgan fingerprint density at radius 1 is 1.77 bits per heavy atom. The molecule has 0 radical (unpaired) electrons. The summed E-state index contributed by atoms with van der Waals surface area (Å²) in [5.41, 5.74) is 5.55. The normalized spacial score (nSPS) is 23.2. The van der Waals surface area contributed by atoms with E-state index in [2.05, 4.69) is 4.99 Å². The minimum absolute atomic E-state index is 0.0105. The molecule has 2 N–H and O–H groups in total. The Kier molecular flexibility index (Phi) is 3.25. The molecular weight excluding hydrogens is 170 g/mol. The molecular formula is C8H15N3O2. The molecule has 0 aliphatic carbocycles. The molecule has 0 bridgehead atoms. The number of nitrogens with zero attached hydrogens (tertiary/aromatic N) is 2. The fraction of sp³-hybridized carbons (Fsp3) is 0.750. The number of carbonyl (C=O) groups is 1. The fourth-order valence-corrected chi connectivity index (χ4v) is 1.21. The summed E-state index contributed by atoms with van der Waals surface area (Å²) in [5, 5.41) is 0. The van der Waals surface area contributed by atoms with Crippen LogP contribution in [0.5, 0.6) is 0 Å². The third-order valence-electron chi connectivity index (χ3n) is 2.10. The van der Waals surface area contributed by atoms with E-state index in [1.807, 2.05) is 0 Å². The predicted octanol–water partition coefficient (Wildman–Crippen LogP) is -0.432. The van der Waals surface area contributed by atoms with E-state index in [4.69, 9.17) is 10.5 Å². The molecule has 0 fully saturated rings. The quantitative estimate of drug-likeness (QED) is 0.648. The molecule has 5 nitrogen and oxygen atoms in total. The van der Waals surface area contributed by atoms with Gasteiger partial charge in [0.15, 0.2) is 5.96 Å². The van der Waals surface area contributed by atoms with E-state index in [-0.39, 0.29) is 11.9 Å². The van der Waals surface area contributed by atoms with Gasteiger partial charge in [-0.25, -0.2) is 4.99 Å². The topological polar surface area (TPSA) is 67.9 Å². The molecule has 1 rings (SSSR count). The SMILES string of the molecule is COCCC1CC(=O)N(C)C(N)=N1. The van der Waals surface area contributed by atoms with Crippen molar-refractivity contribution in [3.05, 3.63) is 0 Å². The Bertz CT molecular complexity index is 227. The van der Waals surface area contributed by atoms with Gasteiger partial charge in [0.25, 0.3) is 0 Å². The van der Waals surface area contributed by atoms with E-state index in [0.29, 0.717) is 19.0 Å².